The van der Waals surface area contributed by atoms with Gasteiger partial charge in [-0.1, -0.05) is 54.4 Å². The van der Waals surface area contributed by atoms with Crippen LogP contribution in [0.25, 0.3) is 0 Å². The first-order valence-corrected chi connectivity index (χ1v) is 14.1. The molecule has 3 heteroatoms. The topological polar surface area (TPSA) is 60.7 Å². The van der Waals surface area contributed by atoms with Crippen molar-refractivity contribution in [1.29, 1.82) is 0 Å². The molecule has 4 fully saturated rings. The lowest BCUT2D eigenvalue weighted by atomic mass is 9.42. The Hall–Kier alpha value is -0.120. The standard InChI is InChI=1S/C29H52O3/c1-7-20(18(2)3)9-8-19(4)23-10-11-24-22-16-26(31)29(32)17-21(30)12-15-28(29,6)25(22)13-14-27(23,24)5/h18-26,30-32H,7-17H2,1-6H3/t19-,20-,21+,22?,23?,24?,25?,26+,27-,28-,29+/m1/s1. The Morgan fingerprint density at radius 2 is 1.62 bits per heavy atom. The lowest BCUT2D eigenvalue weighted by molar-refractivity contribution is -0.264. The Balaban J connectivity index is 1.51. The lowest BCUT2D eigenvalue weighted by Gasteiger charge is -2.65. The second-order valence-electron chi connectivity index (χ2n) is 13.6. The zero-order valence-electron chi connectivity index (χ0n) is 21.8. The molecule has 0 aromatic rings. The Morgan fingerprint density at radius 1 is 0.906 bits per heavy atom. The summed E-state index contributed by atoms with van der Waals surface area (Å²) in [4.78, 5) is 0. The van der Waals surface area contributed by atoms with Crippen molar-refractivity contribution in [2.24, 2.45) is 52.3 Å². The fraction of sp³-hybridized carbons (Fsp3) is 1.00. The molecule has 0 spiro atoms. The van der Waals surface area contributed by atoms with Gasteiger partial charge in [-0.25, -0.2) is 0 Å². The summed E-state index contributed by atoms with van der Waals surface area (Å²) < 4.78 is 0. The zero-order valence-corrected chi connectivity index (χ0v) is 21.8. The molecule has 0 aromatic heterocycles. The third kappa shape index (κ3) is 3.72. The first-order valence-electron chi connectivity index (χ1n) is 14.1. The SMILES string of the molecule is CC[C@H](CC[C@@H](C)C1CCC2C3C[C@H](O)[C@@]4(O)C[C@@H](O)CC[C@]4(C)C3CC[C@@]21C)C(C)C. The highest BCUT2D eigenvalue weighted by Crippen LogP contribution is 2.69. The van der Waals surface area contributed by atoms with E-state index in [2.05, 4.69) is 41.5 Å². The summed E-state index contributed by atoms with van der Waals surface area (Å²) in [5, 5.41) is 33.2. The Labute approximate surface area is 197 Å². The average Bonchev–Trinajstić information content (AvgIpc) is 3.08. The van der Waals surface area contributed by atoms with E-state index in [1.807, 2.05) is 0 Å². The quantitative estimate of drug-likeness (QED) is 0.454. The van der Waals surface area contributed by atoms with E-state index in [4.69, 9.17) is 0 Å². The van der Waals surface area contributed by atoms with Gasteiger partial charge in [-0.2, -0.15) is 0 Å². The van der Waals surface area contributed by atoms with E-state index in [-0.39, 0.29) is 5.41 Å². The van der Waals surface area contributed by atoms with Gasteiger partial charge in [-0.15, -0.1) is 0 Å². The minimum Gasteiger partial charge on any atom is -0.393 e. The maximum atomic E-state index is 11.7. The zero-order chi connectivity index (χ0) is 23.5. The molecule has 186 valence electrons. The minimum atomic E-state index is -1.11. The molecule has 3 nitrogen and oxygen atoms in total. The van der Waals surface area contributed by atoms with Crippen LogP contribution in [0.5, 0.6) is 0 Å². The van der Waals surface area contributed by atoms with Crippen molar-refractivity contribution in [3.05, 3.63) is 0 Å². The van der Waals surface area contributed by atoms with Crippen molar-refractivity contribution in [3.63, 3.8) is 0 Å². The van der Waals surface area contributed by atoms with Crippen LogP contribution < -0.4 is 0 Å². The van der Waals surface area contributed by atoms with Crippen molar-refractivity contribution in [3.8, 4) is 0 Å². The van der Waals surface area contributed by atoms with Gasteiger partial charge in [0.15, 0.2) is 0 Å². The fourth-order valence-electron chi connectivity index (χ4n) is 9.92. The van der Waals surface area contributed by atoms with Crippen LogP contribution in [0.1, 0.15) is 112 Å². The second kappa shape index (κ2) is 8.83. The summed E-state index contributed by atoms with van der Waals surface area (Å²) in [6.07, 6.45) is 10.7. The molecule has 11 atom stereocenters. The van der Waals surface area contributed by atoms with E-state index in [1.165, 1.54) is 44.9 Å². The van der Waals surface area contributed by atoms with E-state index in [0.717, 1.165) is 42.9 Å². The van der Waals surface area contributed by atoms with Crippen LogP contribution in [0.2, 0.25) is 0 Å². The van der Waals surface area contributed by atoms with Crippen LogP contribution in [0, 0.1) is 52.3 Å². The predicted octanol–water partition coefficient (Wildman–Crippen LogP) is 6.19. The smallest absolute Gasteiger partial charge is 0.0985 e. The Morgan fingerprint density at radius 3 is 2.28 bits per heavy atom. The molecule has 0 radical (unpaired) electrons. The summed E-state index contributed by atoms with van der Waals surface area (Å²) in [7, 11) is 0. The molecule has 3 N–H and O–H groups in total. The maximum Gasteiger partial charge on any atom is 0.0985 e. The molecule has 4 saturated carbocycles. The number of fused-ring (bicyclic) bond motifs is 5. The van der Waals surface area contributed by atoms with Crippen LogP contribution in [-0.4, -0.2) is 33.1 Å². The van der Waals surface area contributed by atoms with Crippen LogP contribution in [0.15, 0.2) is 0 Å². The minimum absolute atomic E-state index is 0.259. The van der Waals surface area contributed by atoms with Crippen molar-refractivity contribution >= 4 is 0 Å². The average molecular weight is 449 g/mol. The highest BCUT2D eigenvalue weighted by atomic mass is 16.3. The molecule has 0 aliphatic heterocycles. The van der Waals surface area contributed by atoms with Gasteiger partial charge >= 0.3 is 0 Å². The van der Waals surface area contributed by atoms with Crippen LogP contribution >= 0.6 is 0 Å². The monoisotopic (exact) mass is 448 g/mol. The van der Waals surface area contributed by atoms with Gasteiger partial charge in [0.25, 0.3) is 0 Å². The molecule has 0 saturated heterocycles. The molecule has 0 heterocycles. The summed E-state index contributed by atoms with van der Waals surface area (Å²) >= 11 is 0. The van der Waals surface area contributed by atoms with E-state index >= 15 is 0 Å². The van der Waals surface area contributed by atoms with E-state index in [1.54, 1.807) is 0 Å². The first-order chi connectivity index (χ1) is 15.0. The van der Waals surface area contributed by atoms with E-state index in [0.29, 0.717) is 29.6 Å². The normalized spacial score (nSPS) is 50.4. The largest absolute Gasteiger partial charge is 0.393 e. The van der Waals surface area contributed by atoms with E-state index in [9.17, 15) is 15.3 Å². The molecular formula is C29H52O3. The molecule has 32 heavy (non-hydrogen) atoms. The Bertz CT molecular complexity index is 663. The van der Waals surface area contributed by atoms with Gasteiger partial charge in [-0.3, -0.25) is 0 Å². The second-order valence-corrected chi connectivity index (χ2v) is 13.6. The summed E-state index contributed by atoms with van der Waals surface area (Å²) in [6.45, 7) is 14.5. The van der Waals surface area contributed by atoms with Crippen molar-refractivity contribution < 1.29 is 15.3 Å². The van der Waals surface area contributed by atoms with Gasteiger partial charge in [0.1, 0.15) is 0 Å². The Kier molecular flexibility index (Phi) is 6.89. The first kappa shape index (κ1) is 25.0. The van der Waals surface area contributed by atoms with Crippen molar-refractivity contribution in [1.82, 2.24) is 0 Å². The maximum absolute atomic E-state index is 11.7. The number of rotatable bonds is 6. The third-order valence-electron chi connectivity index (χ3n) is 12.1. The summed E-state index contributed by atoms with van der Waals surface area (Å²) in [5.41, 5.74) is -0.984. The number of hydrogen-bond acceptors (Lipinski definition) is 3. The molecule has 0 aromatic carbocycles. The predicted molar refractivity (Wildman–Crippen MR) is 131 cm³/mol. The van der Waals surface area contributed by atoms with Gasteiger partial charge in [0, 0.05) is 11.8 Å². The van der Waals surface area contributed by atoms with Gasteiger partial charge in [-0.05, 0) is 98.2 Å². The molecule has 4 aliphatic carbocycles. The molecule has 4 rings (SSSR count). The van der Waals surface area contributed by atoms with Crippen LogP contribution in [-0.2, 0) is 0 Å². The van der Waals surface area contributed by atoms with Crippen molar-refractivity contribution in [2.45, 2.75) is 130 Å². The summed E-state index contributed by atoms with van der Waals surface area (Å²) in [6, 6.07) is 0. The molecule has 0 bridgehead atoms. The summed E-state index contributed by atoms with van der Waals surface area (Å²) in [5.74, 6) is 4.92. The van der Waals surface area contributed by atoms with Gasteiger partial charge < -0.3 is 15.3 Å². The van der Waals surface area contributed by atoms with E-state index < -0.39 is 17.8 Å². The van der Waals surface area contributed by atoms with Gasteiger partial charge in [0.05, 0.1) is 17.8 Å². The molecule has 4 unspecified atom stereocenters. The molecular weight excluding hydrogens is 396 g/mol. The highest BCUT2D eigenvalue weighted by molar-refractivity contribution is 5.17. The number of aliphatic hydroxyl groups is 3. The third-order valence-corrected chi connectivity index (χ3v) is 12.1. The highest BCUT2D eigenvalue weighted by Gasteiger charge is 2.67. The number of aliphatic hydroxyl groups excluding tert-OH is 2. The van der Waals surface area contributed by atoms with Crippen molar-refractivity contribution in [2.75, 3.05) is 0 Å². The van der Waals surface area contributed by atoms with Crippen LogP contribution in [0.4, 0.5) is 0 Å². The fourth-order valence-corrected chi connectivity index (χ4v) is 9.92. The molecule has 0 amide bonds. The molecule has 4 aliphatic rings. The number of hydrogen-bond donors (Lipinski definition) is 3. The van der Waals surface area contributed by atoms with Gasteiger partial charge in [0.2, 0.25) is 0 Å². The van der Waals surface area contributed by atoms with Crippen LogP contribution in [0.3, 0.4) is 0 Å². The lowest BCUT2D eigenvalue weighted by Crippen LogP contribution is -2.68.